The molecule has 0 aliphatic carbocycles. The van der Waals surface area contributed by atoms with Crippen LogP contribution in [0.4, 0.5) is 0 Å². The molecule has 1 heterocycles. The molecule has 2 N–H and O–H groups in total. The number of hydrogen-bond donors (Lipinski definition) is 2. The van der Waals surface area contributed by atoms with E-state index in [2.05, 4.69) is 11.6 Å². The number of nitrogens with one attached hydrogen (secondary N) is 1. The molecule has 0 aromatic heterocycles. The summed E-state index contributed by atoms with van der Waals surface area (Å²) < 4.78 is 28.2. The van der Waals surface area contributed by atoms with Crippen molar-refractivity contribution in [2.24, 2.45) is 5.92 Å². The Labute approximate surface area is 111 Å². The van der Waals surface area contributed by atoms with Crippen molar-refractivity contribution in [2.75, 3.05) is 26.2 Å². The average Bonchev–Trinajstić information content (AvgIpc) is 2.33. The number of hydrogen-bond acceptors (Lipinski definition) is 3. The highest BCUT2D eigenvalue weighted by molar-refractivity contribution is 7.87. The van der Waals surface area contributed by atoms with Crippen molar-refractivity contribution < 1.29 is 13.5 Å². The van der Waals surface area contributed by atoms with Gasteiger partial charge in [-0.25, -0.2) is 4.72 Å². The van der Waals surface area contributed by atoms with Crippen molar-refractivity contribution in [3.63, 3.8) is 0 Å². The number of nitrogens with zero attached hydrogens (tertiary/aromatic N) is 1. The minimum Gasteiger partial charge on any atom is -0.396 e. The molecule has 1 aliphatic rings. The standard InChI is InChI=1S/C12H26N2O3S/c1-12-7-6-9-14(11-12)18(16,17)13-8-4-2-3-5-10-15/h12-13,15H,2-11H2,1H3. The topological polar surface area (TPSA) is 69.6 Å². The molecule has 0 saturated carbocycles. The first-order valence-electron chi connectivity index (χ1n) is 6.92. The quantitative estimate of drug-likeness (QED) is 0.653. The molecule has 0 aromatic carbocycles. The normalized spacial score (nSPS) is 22.2. The Morgan fingerprint density at radius 1 is 1.28 bits per heavy atom. The third kappa shape index (κ3) is 5.65. The summed E-state index contributed by atoms with van der Waals surface area (Å²) in [6.45, 7) is 4.09. The van der Waals surface area contributed by atoms with Gasteiger partial charge in [-0.1, -0.05) is 19.8 Å². The minimum absolute atomic E-state index is 0.220. The molecule has 5 nitrogen and oxygen atoms in total. The van der Waals surface area contributed by atoms with E-state index in [4.69, 9.17) is 5.11 Å². The second-order valence-corrected chi connectivity index (χ2v) is 6.90. The second-order valence-electron chi connectivity index (χ2n) is 5.14. The lowest BCUT2D eigenvalue weighted by molar-refractivity contribution is 0.277. The predicted octanol–water partition coefficient (Wildman–Crippen LogP) is 1.11. The maximum atomic E-state index is 12.0. The van der Waals surface area contributed by atoms with Crippen LogP contribution in [0.1, 0.15) is 45.4 Å². The van der Waals surface area contributed by atoms with E-state index in [1.807, 2.05) is 0 Å². The molecule has 1 atom stereocenters. The van der Waals surface area contributed by atoms with E-state index >= 15 is 0 Å². The summed E-state index contributed by atoms with van der Waals surface area (Å²) >= 11 is 0. The zero-order valence-electron chi connectivity index (χ0n) is 11.3. The number of aliphatic hydroxyl groups excluding tert-OH is 1. The van der Waals surface area contributed by atoms with Crippen LogP contribution in [0.25, 0.3) is 0 Å². The molecule has 0 bridgehead atoms. The van der Waals surface area contributed by atoms with E-state index < -0.39 is 10.2 Å². The third-order valence-corrected chi connectivity index (χ3v) is 4.91. The van der Waals surface area contributed by atoms with Gasteiger partial charge in [0.15, 0.2) is 0 Å². The lowest BCUT2D eigenvalue weighted by atomic mass is 10.0. The molecule has 0 radical (unpaired) electrons. The molecule has 1 rings (SSSR count). The lowest BCUT2D eigenvalue weighted by Crippen LogP contribution is -2.45. The van der Waals surface area contributed by atoms with Crippen LogP contribution < -0.4 is 4.72 Å². The van der Waals surface area contributed by atoms with Gasteiger partial charge in [0, 0.05) is 26.2 Å². The van der Waals surface area contributed by atoms with E-state index in [0.717, 1.165) is 38.5 Å². The fraction of sp³-hybridized carbons (Fsp3) is 1.00. The Morgan fingerprint density at radius 3 is 2.67 bits per heavy atom. The van der Waals surface area contributed by atoms with Crippen LogP contribution in [0.5, 0.6) is 0 Å². The van der Waals surface area contributed by atoms with Gasteiger partial charge in [0.2, 0.25) is 0 Å². The van der Waals surface area contributed by atoms with Crippen LogP contribution in [0.2, 0.25) is 0 Å². The lowest BCUT2D eigenvalue weighted by Gasteiger charge is -2.29. The first-order valence-corrected chi connectivity index (χ1v) is 8.36. The Balaban J connectivity index is 2.22. The Kier molecular flexibility index (Phi) is 7.14. The zero-order chi connectivity index (χ0) is 13.4. The first kappa shape index (κ1) is 15.9. The molecular formula is C12H26N2O3S. The summed E-state index contributed by atoms with van der Waals surface area (Å²) in [5, 5.41) is 8.63. The van der Waals surface area contributed by atoms with Crippen LogP contribution in [0.15, 0.2) is 0 Å². The minimum atomic E-state index is -3.28. The maximum absolute atomic E-state index is 12.0. The summed E-state index contributed by atoms with van der Waals surface area (Å²) in [5.74, 6) is 0.458. The van der Waals surface area contributed by atoms with Gasteiger partial charge in [-0.2, -0.15) is 12.7 Å². The fourth-order valence-electron chi connectivity index (χ4n) is 2.25. The van der Waals surface area contributed by atoms with Crippen LogP contribution in [-0.2, 0) is 10.2 Å². The summed E-state index contributed by atoms with van der Waals surface area (Å²) in [5.41, 5.74) is 0. The number of piperidine rings is 1. The number of aliphatic hydroxyl groups is 1. The highest BCUT2D eigenvalue weighted by Crippen LogP contribution is 2.17. The van der Waals surface area contributed by atoms with Crippen molar-refractivity contribution in [3.05, 3.63) is 0 Å². The molecule has 1 aliphatic heterocycles. The van der Waals surface area contributed by atoms with Crippen molar-refractivity contribution in [3.8, 4) is 0 Å². The summed E-state index contributed by atoms with van der Waals surface area (Å²) in [6, 6.07) is 0. The van der Waals surface area contributed by atoms with Crippen molar-refractivity contribution in [1.82, 2.24) is 9.03 Å². The number of unbranched alkanes of at least 4 members (excludes halogenated alkanes) is 3. The molecule has 1 saturated heterocycles. The SMILES string of the molecule is CC1CCCN(S(=O)(=O)NCCCCCCO)C1. The molecule has 6 heteroatoms. The van der Waals surface area contributed by atoms with Gasteiger partial charge in [0.1, 0.15) is 0 Å². The molecule has 0 aromatic rings. The molecule has 1 unspecified atom stereocenters. The van der Waals surface area contributed by atoms with Gasteiger partial charge in [-0.15, -0.1) is 0 Å². The largest absolute Gasteiger partial charge is 0.396 e. The molecule has 0 amide bonds. The summed E-state index contributed by atoms with van der Waals surface area (Å²) in [4.78, 5) is 0. The summed E-state index contributed by atoms with van der Waals surface area (Å²) in [6.07, 6.45) is 5.63. The van der Waals surface area contributed by atoms with Gasteiger partial charge < -0.3 is 5.11 Å². The van der Waals surface area contributed by atoms with Crippen LogP contribution in [0, 0.1) is 5.92 Å². The van der Waals surface area contributed by atoms with Gasteiger partial charge in [0.25, 0.3) is 10.2 Å². The maximum Gasteiger partial charge on any atom is 0.279 e. The Bertz CT molecular complexity index is 319. The monoisotopic (exact) mass is 278 g/mol. The molecule has 108 valence electrons. The van der Waals surface area contributed by atoms with E-state index in [0.29, 0.717) is 25.6 Å². The van der Waals surface area contributed by atoms with Gasteiger partial charge in [-0.05, 0) is 31.6 Å². The van der Waals surface area contributed by atoms with E-state index in [-0.39, 0.29) is 6.61 Å². The third-order valence-electron chi connectivity index (χ3n) is 3.33. The highest BCUT2D eigenvalue weighted by Gasteiger charge is 2.26. The van der Waals surface area contributed by atoms with E-state index in [1.165, 1.54) is 0 Å². The fourth-order valence-corrected chi connectivity index (χ4v) is 3.65. The Hall–Kier alpha value is -0.170. The number of rotatable bonds is 8. The summed E-state index contributed by atoms with van der Waals surface area (Å²) in [7, 11) is -3.28. The van der Waals surface area contributed by atoms with Crippen LogP contribution in [-0.4, -0.2) is 44.1 Å². The molecule has 18 heavy (non-hydrogen) atoms. The average molecular weight is 278 g/mol. The molecule has 0 spiro atoms. The van der Waals surface area contributed by atoms with Crippen molar-refractivity contribution in [2.45, 2.75) is 45.4 Å². The Morgan fingerprint density at radius 2 is 2.00 bits per heavy atom. The predicted molar refractivity (Wildman–Crippen MR) is 72.4 cm³/mol. The highest BCUT2D eigenvalue weighted by atomic mass is 32.2. The van der Waals surface area contributed by atoms with E-state index in [1.54, 1.807) is 4.31 Å². The van der Waals surface area contributed by atoms with E-state index in [9.17, 15) is 8.42 Å². The van der Waals surface area contributed by atoms with Crippen molar-refractivity contribution >= 4 is 10.2 Å². The van der Waals surface area contributed by atoms with Crippen LogP contribution >= 0.6 is 0 Å². The van der Waals surface area contributed by atoms with Crippen LogP contribution in [0.3, 0.4) is 0 Å². The van der Waals surface area contributed by atoms with Gasteiger partial charge in [0.05, 0.1) is 0 Å². The molecular weight excluding hydrogens is 252 g/mol. The van der Waals surface area contributed by atoms with Crippen molar-refractivity contribution in [1.29, 1.82) is 0 Å². The van der Waals surface area contributed by atoms with Gasteiger partial charge in [-0.3, -0.25) is 0 Å². The second kappa shape index (κ2) is 8.09. The molecule has 1 fully saturated rings. The first-order chi connectivity index (χ1) is 8.56. The van der Waals surface area contributed by atoms with Gasteiger partial charge >= 0.3 is 0 Å². The zero-order valence-corrected chi connectivity index (χ0v) is 12.1. The smallest absolute Gasteiger partial charge is 0.279 e.